The minimum atomic E-state index is -2.47. The normalized spacial score (nSPS) is 33.1. The Morgan fingerprint density at radius 2 is 0.847 bits per heavy atom. The Morgan fingerprint density at radius 3 is 1.23 bits per heavy atom. The Labute approximate surface area is 682 Å². The van der Waals surface area contributed by atoms with Gasteiger partial charge in [-0.15, -0.1) is 24.4 Å². The quantitative estimate of drug-likeness (QED) is 0.00557. The summed E-state index contributed by atoms with van der Waals surface area (Å²) < 4.78 is 83.8. The molecule has 46 nitrogen and oxygen atoms in total. The van der Waals surface area contributed by atoms with Crippen molar-refractivity contribution in [2.75, 3.05) is 59.1 Å². The van der Waals surface area contributed by atoms with Gasteiger partial charge in [0.2, 0.25) is 30.3 Å². The molecule has 0 aliphatic carbocycles. The Hall–Kier alpha value is -7.32. The summed E-state index contributed by atoms with van der Waals surface area (Å²) in [6.45, 7) is 5.19. The molecule has 6 aliphatic rings. The van der Waals surface area contributed by atoms with Crippen LogP contribution in [0, 0.1) is 11.8 Å². The van der Waals surface area contributed by atoms with E-state index in [1.54, 1.807) is 32.9 Å². The fourth-order valence-corrected chi connectivity index (χ4v) is 13.8. The maximum absolute atomic E-state index is 13.3. The number of aliphatic hydroxyl groups is 7. The lowest BCUT2D eigenvalue weighted by Gasteiger charge is -2.46. The number of carboxylic acids is 3. The van der Waals surface area contributed by atoms with Crippen LogP contribution in [-0.2, 0) is 158 Å². The van der Waals surface area contributed by atoms with Crippen molar-refractivity contribution in [2.24, 2.45) is 11.8 Å². The number of amides is 3. The van der Waals surface area contributed by atoms with Gasteiger partial charge in [0.05, 0.1) is 75.5 Å². The van der Waals surface area contributed by atoms with E-state index in [9.17, 15) is 109 Å². The first-order chi connectivity index (χ1) is 55.9. The van der Waals surface area contributed by atoms with Crippen LogP contribution in [0.3, 0.4) is 0 Å². The Kier molecular flexibility index (Phi) is 39.1. The lowest BCUT2D eigenvalue weighted by Crippen LogP contribution is -2.65. The molecule has 666 valence electrons. The second-order valence-corrected chi connectivity index (χ2v) is 29.7. The predicted octanol–water partition coefficient (Wildman–Crippen LogP) is -4.58. The second kappa shape index (κ2) is 47.2. The predicted molar refractivity (Wildman–Crippen MR) is 381 cm³/mol. The Bertz CT molecular complexity index is 3510. The Balaban J connectivity index is 1.07. The van der Waals surface area contributed by atoms with Gasteiger partial charge in [0.15, 0.2) is 37.2 Å². The van der Waals surface area contributed by atoms with E-state index in [0.29, 0.717) is 5.75 Å². The Morgan fingerprint density at radius 1 is 0.475 bits per heavy atom. The molecule has 118 heavy (non-hydrogen) atoms. The standard InChI is InChI=1S/C70H101N3O43S2/c1-28(2)64(94)99-18-16-97-45(78)12-14-47(80)102-26-44-41(114-115-69-53(86)51(84)56(59(110-69)62(90)91)108-66-36(71-31(5)75)21-39(112-96-8)42(24-74)104-66)23-38(73-33(7)77)68(106-44)109-57-52(85)54(87)70(111-60(57)63(92)93)116-113-40-22-37(72-32(6)76)67(107-55-50(83)49(82)30(4)103-58(55)61(88)89)105-43(40)25-101-48(81)15-13-46(79)98-17-19-100-65(95)29(3)27-118-35-11-9-10-34(117)20-35/h9-11,20,28-30,36-44,49-60,66-70,74,82-87,117H,12-19,21-27H2,1-8H3,(H,71,75)(H,72,76)(H,73,77)(H,88,89)(H,90,91)(H,92,93)/t29-,30?,36?,37+,38+,39+,40?,41+,42+,43?,44?,49?,50?,51?,52?,53?,54?,55-,56-,57-,58?,59?,60?,66+,67+,68+,69?,70?/m1/s1. The molecule has 7 rings (SSSR count). The maximum atomic E-state index is 13.3. The fourth-order valence-electron chi connectivity index (χ4n) is 12.5. The van der Waals surface area contributed by atoms with Gasteiger partial charge >= 0.3 is 53.7 Å². The van der Waals surface area contributed by atoms with E-state index in [4.69, 9.17) is 100 Å². The number of rotatable bonds is 42. The molecule has 6 aliphatic heterocycles. The number of ether oxygens (including phenoxy) is 15. The summed E-state index contributed by atoms with van der Waals surface area (Å²) in [6.07, 6.45) is -51.0. The molecule has 0 aromatic heterocycles. The molecular formula is C70H101N3O43S2. The van der Waals surface area contributed by atoms with Crippen molar-refractivity contribution in [3.8, 4) is 0 Å². The van der Waals surface area contributed by atoms with Crippen LogP contribution in [0.2, 0.25) is 0 Å². The van der Waals surface area contributed by atoms with Gasteiger partial charge in [-0.1, -0.05) is 26.8 Å². The summed E-state index contributed by atoms with van der Waals surface area (Å²) in [5.74, 6) is -13.7. The lowest BCUT2D eigenvalue weighted by atomic mass is 9.94. The summed E-state index contributed by atoms with van der Waals surface area (Å²) in [6, 6.07) is 3.02. The number of esters is 6. The first-order valence-electron chi connectivity index (χ1n) is 37.2. The average molecular weight is 1740 g/mol. The number of aliphatic hydroxyl groups excluding tert-OH is 7. The van der Waals surface area contributed by atoms with Crippen molar-refractivity contribution in [2.45, 2.75) is 269 Å². The first-order valence-corrected chi connectivity index (χ1v) is 38.6. The lowest BCUT2D eigenvalue weighted by molar-refractivity contribution is -0.461. The molecule has 0 bridgehead atoms. The van der Waals surface area contributed by atoms with Gasteiger partial charge in [-0.05, 0) is 25.1 Å². The van der Waals surface area contributed by atoms with Gasteiger partial charge in [-0.25, -0.2) is 43.7 Å². The van der Waals surface area contributed by atoms with E-state index in [1.807, 2.05) is 12.1 Å². The molecule has 0 radical (unpaired) electrons. The van der Waals surface area contributed by atoms with Crippen LogP contribution in [-0.4, -0.2) is 347 Å². The van der Waals surface area contributed by atoms with E-state index in [0.717, 1.165) is 37.7 Å². The van der Waals surface area contributed by atoms with Crippen molar-refractivity contribution < 1.29 is 209 Å². The molecule has 1 aromatic carbocycles. The van der Waals surface area contributed by atoms with Crippen LogP contribution >= 0.6 is 24.4 Å². The number of thioether (sulfide) groups is 1. The van der Waals surface area contributed by atoms with Gasteiger partial charge in [0.1, 0.15) is 131 Å². The van der Waals surface area contributed by atoms with Gasteiger partial charge < -0.3 is 138 Å². The summed E-state index contributed by atoms with van der Waals surface area (Å²) in [5.41, 5.74) is 0. The maximum Gasteiger partial charge on any atom is 0.335 e. The average Bonchev–Trinajstić information content (AvgIpc) is 0.785. The van der Waals surface area contributed by atoms with Crippen LogP contribution in [0.1, 0.15) is 93.4 Å². The van der Waals surface area contributed by atoms with Crippen LogP contribution < -0.4 is 16.0 Å². The highest BCUT2D eigenvalue weighted by Crippen LogP contribution is 2.37. The van der Waals surface area contributed by atoms with E-state index in [-0.39, 0.29) is 26.2 Å². The van der Waals surface area contributed by atoms with Crippen LogP contribution in [0.15, 0.2) is 34.1 Å². The zero-order valence-corrected chi connectivity index (χ0v) is 66.7. The molecule has 0 saturated carbocycles. The number of carbonyl (C=O) groups is 12. The molecule has 16 unspecified atom stereocenters. The zero-order chi connectivity index (χ0) is 86.9. The third kappa shape index (κ3) is 28.9. The van der Waals surface area contributed by atoms with Crippen molar-refractivity contribution in [3.63, 3.8) is 0 Å². The fraction of sp³-hybridized carbons (Fsp3) is 0.743. The van der Waals surface area contributed by atoms with Crippen molar-refractivity contribution in [1.82, 2.24) is 16.0 Å². The molecule has 0 spiro atoms. The van der Waals surface area contributed by atoms with Crippen molar-refractivity contribution in [3.05, 3.63) is 24.3 Å². The van der Waals surface area contributed by atoms with E-state index in [2.05, 4.69) is 28.6 Å². The molecule has 13 N–H and O–H groups in total. The molecule has 1 aromatic rings. The molecule has 48 heteroatoms. The minimum absolute atomic E-state index is 0.174. The number of carbonyl (C=O) groups excluding carboxylic acids is 9. The monoisotopic (exact) mass is 1740 g/mol. The van der Waals surface area contributed by atoms with Crippen LogP contribution in [0.5, 0.6) is 0 Å². The van der Waals surface area contributed by atoms with Gasteiger partial charge in [0.25, 0.3) is 0 Å². The van der Waals surface area contributed by atoms with Crippen LogP contribution in [0.25, 0.3) is 0 Å². The first kappa shape index (κ1) is 97.8. The summed E-state index contributed by atoms with van der Waals surface area (Å²) in [4.78, 5) is 187. The molecule has 6 saturated heterocycles. The number of benzene rings is 1. The molecule has 6 fully saturated rings. The van der Waals surface area contributed by atoms with E-state index in [1.165, 1.54) is 18.7 Å². The SMILES string of the molecule is COO[C@H]1CC(NC(C)=O)[C@H](O[C@H]2C(C(=O)O)OC(OO[C@H]3C[C@H](NC(C)=O)[C@H](O[C@H]4C(C(=O)O)OC(OOC5C[C@H](NC(C)=O)[C@H](O[C@H]6C(C(=O)O)OC(C)C(O)C6O)OC5COC(=O)CCC(=O)OCCOC(=O)[C@H](C)CSc5cccc(S)c5)C(O)C4O)OC3COC(=O)CCC(=O)OCCOC(=O)C(C)C)C(O)C2O)O[C@H]1CO. The highest BCUT2D eigenvalue weighted by atomic mass is 32.2. The third-order valence-corrected chi connectivity index (χ3v) is 20.0. The van der Waals surface area contributed by atoms with Crippen LogP contribution in [0.4, 0.5) is 0 Å². The van der Waals surface area contributed by atoms with E-state index >= 15 is 0 Å². The highest BCUT2D eigenvalue weighted by Gasteiger charge is 2.57. The summed E-state index contributed by atoms with van der Waals surface area (Å²) in [5, 5.41) is 117. The highest BCUT2D eigenvalue weighted by molar-refractivity contribution is 7.99. The van der Waals surface area contributed by atoms with Gasteiger partial charge in [0, 0.05) is 55.6 Å². The number of hydrogen-bond acceptors (Lipinski definition) is 42. The number of aliphatic carboxylic acids is 3. The number of nitrogens with one attached hydrogen (secondary N) is 3. The molecule has 6 heterocycles. The van der Waals surface area contributed by atoms with Crippen molar-refractivity contribution in [1.29, 1.82) is 0 Å². The van der Waals surface area contributed by atoms with Crippen molar-refractivity contribution >= 4 is 95.8 Å². The van der Waals surface area contributed by atoms with E-state index < -0.39 is 314 Å². The largest absolute Gasteiger partial charge is 0.479 e. The number of carboxylic acid groups (broad SMARTS) is 3. The minimum Gasteiger partial charge on any atom is -0.479 e. The molecule has 3 amide bonds. The third-order valence-electron chi connectivity index (χ3n) is 18.5. The number of hydrogen-bond donors (Lipinski definition) is 14. The zero-order valence-electron chi connectivity index (χ0n) is 65.0. The molecular weight excluding hydrogens is 1630 g/mol. The van der Waals surface area contributed by atoms with Gasteiger partial charge in [-0.2, -0.15) is 0 Å². The van der Waals surface area contributed by atoms with Gasteiger partial charge in [-0.3, -0.25) is 43.2 Å². The summed E-state index contributed by atoms with van der Waals surface area (Å²) in [7, 11) is 1.16. The smallest absolute Gasteiger partial charge is 0.335 e. The second-order valence-electron chi connectivity index (χ2n) is 28.1. The number of thiol groups is 1. The molecule has 28 atom stereocenters. The summed E-state index contributed by atoms with van der Waals surface area (Å²) >= 11 is 5.71. The topological polar surface area (TPSA) is 637 Å².